The van der Waals surface area contributed by atoms with Crippen LogP contribution in [0.3, 0.4) is 0 Å². The van der Waals surface area contributed by atoms with E-state index in [9.17, 15) is 13.2 Å². The predicted octanol–water partition coefficient (Wildman–Crippen LogP) is 0.0609. The van der Waals surface area contributed by atoms with Crippen molar-refractivity contribution in [1.29, 1.82) is 0 Å². The van der Waals surface area contributed by atoms with Crippen LogP contribution >= 0.6 is 12.2 Å². The highest BCUT2D eigenvalue weighted by molar-refractivity contribution is 7.80. The first kappa shape index (κ1) is 15.6. The Kier molecular flexibility index (Phi) is 5.77. The van der Waals surface area contributed by atoms with Gasteiger partial charge in [-0.1, -0.05) is 12.2 Å². The van der Waals surface area contributed by atoms with Gasteiger partial charge in [0.2, 0.25) is 0 Å². The van der Waals surface area contributed by atoms with E-state index in [1.54, 1.807) is 4.90 Å². The van der Waals surface area contributed by atoms with Gasteiger partial charge in [-0.3, -0.25) is 9.80 Å². The average molecular weight is 285 g/mol. The number of alkyl halides is 3. The summed E-state index contributed by atoms with van der Waals surface area (Å²) in [5, 5.41) is 8.77. The highest BCUT2D eigenvalue weighted by Crippen LogP contribution is 2.27. The van der Waals surface area contributed by atoms with Gasteiger partial charge in [-0.2, -0.15) is 13.2 Å². The van der Waals surface area contributed by atoms with Gasteiger partial charge in [0.1, 0.15) is 5.92 Å². The topological polar surface area (TPSA) is 52.7 Å². The molecule has 0 aromatic heterocycles. The fourth-order valence-corrected chi connectivity index (χ4v) is 2.16. The number of β-amino-alcohol motifs (C(OH)–C–C–N with tert-alkyl or cyclic N) is 1. The van der Waals surface area contributed by atoms with E-state index in [1.807, 2.05) is 4.90 Å². The summed E-state index contributed by atoms with van der Waals surface area (Å²) in [6.45, 7) is 2.84. The summed E-state index contributed by atoms with van der Waals surface area (Å²) in [5.74, 6) is -1.74. The van der Waals surface area contributed by atoms with Gasteiger partial charge in [-0.15, -0.1) is 0 Å². The molecule has 0 amide bonds. The number of halogens is 3. The van der Waals surface area contributed by atoms with Gasteiger partial charge in [0.05, 0.1) is 11.6 Å². The molecule has 1 fully saturated rings. The molecule has 1 aliphatic heterocycles. The number of piperazine rings is 1. The van der Waals surface area contributed by atoms with Crippen molar-refractivity contribution in [1.82, 2.24) is 9.80 Å². The Morgan fingerprint density at radius 2 is 1.72 bits per heavy atom. The van der Waals surface area contributed by atoms with Crippen LogP contribution in [0.1, 0.15) is 0 Å². The lowest BCUT2D eigenvalue weighted by atomic mass is 10.1. The van der Waals surface area contributed by atoms with Crippen molar-refractivity contribution in [2.75, 3.05) is 45.9 Å². The third-order valence-electron chi connectivity index (χ3n) is 3.06. The Bertz CT molecular complexity index is 280. The molecule has 1 heterocycles. The maximum Gasteiger partial charge on any atom is 0.399 e. The van der Waals surface area contributed by atoms with Crippen molar-refractivity contribution in [3.05, 3.63) is 0 Å². The Morgan fingerprint density at radius 3 is 2.11 bits per heavy atom. The maximum absolute atomic E-state index is 12.7. The van der Waals surface area contributed by atoms with Crippen molar-refractivity contribution in [3.63, 3.8) is 0 Å². The highest BCUT2D eigenvalue weighted by atomic mass is 32.1. The van der Waals surface area contributed by atoms with E-state index in [4.69, 9.17) is 10.8 Å². The molecule has 0 spiro atoms. The summed E-state index contributed by atoms with van der Waals surface area (Å²) < 4.78 is 38.1. The van der Waals surface area contributed by atoms with Crippen LogP contribution in [0, 0.1) is 5.92 Å². The minimum absolute atomic E-state index is 0.0675. The zero-order valence-electron chi connectivity index (χ0n) is 9.99. The molecule has 18 heavy (non-hydrogen) atoms. The smallest absolute Gasteiger partial charge is 0.395 e. The summed E-state index contributed by atoms with van der Waals surface area (Å²) in [6, 6.07) is 0. The van der Waals surface area contributed by atoms with Crippen molar-refractivity contribution < 1.29 is 18.3 Å². The molecule has 4 nitrogen and oxygen atoms in total. The summed E-state index contributed by atoms with van der Waals surface area (Å²) in [7, 11) is 0. The van der Waals surface area contributed by atoms with Crippen LogP contribution < -0.4 is 5.73 Å². The molecule has 1 atom stereocenters. The first-order valence-electron chi connectivity index (χ1n) is 5.76. The van der Waals surface area contributed by atoms with E-state index in [2.05, 4.69) is 12.2 Å². The molecular weight excluding hydrogens is 267 g/mol. The number of hydrogen-bond acceptors (Lipinski definition) is 4. The van der Waals surface area contributed by atoms with Crippen LogP contribution in [0.2, 0.25) is 0 Å². The van der Waals surface area contributed by atoms with Crippen LogP contribution in [-0.4, -0.2) is 71.9 Å². The number of hydrogen-bond donors (Lipinski definition) is 2. The molecule has 1 rings (SSSR count). The SMILES string of the molecule is NC(=S)C(CN1CCN(CCO)CC1)C(F)(F)F. The second kappa shape index (κ2) is 6.65. The third-order valence-corrected chi connectivity index (χ3v) is 3.34. The van der Waals surface area contributed by atoms with Gasteiger partial charge in [0, 0.05) is 39.3 Å². The third kappa shape index (κ3) is 4.68. The normalized spacial score (nSPS) is 20.9. The molecule has 0 radical (unpaired) electrons. The van der Waals surface area contributed by atoms with E-state index < -0.39 is 17.1 Å². The fourth-order valence-electron chi connectivity index (χ4n) is 1.95. The number of aliphatic hydroxyl groups is 1. The number of rotatable bonds is 5. The Balaban J connectivity index is 2.46. The summed E-state index contributed by atoms with van der Waals surface area (Å²) in [6.07, 6.45) is -4.38. The zero-order valence-corrected chi connectivity index (χ0v) is 10.8. The average Bonchev–Trinajstić information content (AvgIpc) is 2.26. The number of aliphatic hydroxyl groups excluding tert-OH is 1. The first-order chi connectivity index (χ1) is 8.34. The summed E-state index contributed by atoms with van der Waals surface area (Å²) in [5.41, 5.74) is 5.16. The van der Waals surface area contributed by atoms with E-state index in [-0.39, 0.29) is 13.2 Å². The van der Waals surface area contributed by atoms with Gasteiger partial charge in [-0.05, 0) is 0 Å². The first-order valence-corrected chi connectivity index (χ1v) is 6.17. The van der Waals surface area contributed by atoms with Crippen molar-refractivity contribution in [3.8, 4) is 0 Å². The molecule has 1 aliphatic rings. The minimum atomic E-state index is -4.38. The molecule has 1 unspecified atom stereocenters. The van der Waals surface area contributed by atoms with Crippen LogP contribution in [0.25, 0.3) is 0 Å². The second-order valence-electron chi connectivity index (χ2n) is 4.36. The summed E-state index contributed by atoms with van der Waals surface area (Å²) in [4.78, 5) is 3.23. The molecule has 0 saturated carbocycles. The number of nitrogens with two attached hydrogens (primary N) is 1. The molecular formula is C10H18F3N3OS. The lowest BCUT2D eigenvalue weighted by Crippen LogP contribution is -2.51. The van der Waals surface area contributed by atoms with Crippen molar-refractivity contribution in [2.24, 2.45) is 11.7 Å². The summed E-state index contributed by atoms with van der Waals surface area (Å²) >= 11 is 4.49. The predicted molar refractivity (Wildman–Crippen MR) is 66.3 cm³/mol. The number of nitrogens with zero attached hydrogens (tertiary/aromatic N) is 2. The van der Waals surface area contributed by atoms with Gasteiger partial charge >= 0.3 is 6.18 Å². The van der Waals surface area contributed by atoms with E-state index in [0.29, 0.717) is 32.7 Å². The Hall–Kier alpha value is -0.440. The molecule has 0 aliphatic carbocycles. The zero-order chi connectivity index (χ0) is 13.8. The van der Waals surface area contributed by atoms with Gasteiger partial charge < -0.3 is 10.8 Å². The second-order valence-corrected chi connectivity index (χ2v) is 4.83. The molecule has 0 aromatic carbocycles. The van der Waals surface area contributed by atoms with Gasteiger partial charge in [-0.25, -0.2) is 0 Å². The lowest BCUT2D eigenvalue weighted by molar-refractivity contribution is -0.160. The van der Waals surface area contributed by atoms with Crippen LogP contribution in [0.4, 0.5) is 13.2 Å². The van der Waals surface area contributed by atoms with Gasteiger partial charge in [0.15, 0.2) is 0 Å². The molecule has 106 valence electrons. The maximum atomic E-state index is 12.7. The fraction of sp³-hybridized carbons (Fsp3) is 0.900. The monoisotopic (exact) mass is 285 g/mol. The largest absolute Gasteiger partial charge is 0.399 e. The van der Waals surface area contributed by atoms with E-state index in [0.717, 1.165) is 0 Å². The Labute approximate surface area is 110 Å². The van der Waals surface area contributed by atoms with E-state index >= 15 is 0 Å². The standard InChI is InChI=1S/C10H18F3N3OS/c11-10(12,13)8(9(14)18)7-16-3-1-15(2-4-16)5-6-17/h8,17H,1-7H2,(H2,14,18). The van der Waals surface area contributed by atoms with Gasteiger partial charge in [0.25, 0.3) is 0 Å². The quantitative estimate of drug-likeness (QED) is 0.700. The van der Waals surface area contributed by atoms with Crippen LogP contribution in [-0.2, 0) is 0 Å². The Morgan fingerprint density at radius 1 is 1.22 bits per heavy atom. The van der Waals surface area contributed by atoms with Crippen LogP contribution in [0.15, 0.2) is 0 Å². The molecule has 3 N–H and O–H groups in total. The minimum Gasteiger partial charge on any atom is -0.395 e. The molecule has 0 bridgehead atoms. The van der Waals surface area contributed by atoms with Crippen molar-refractivity contribution in [2.45, 2.75) is 6.18 Å². The van der Waals surface area contributed by atoms with E-state index in [1.165, 1.54) is 0 Å². The number of thiocarbonyl (C=S) groups is 1. The molecule has 1 saturated heterocycles. The molecule has 8 heteroatoms. The van der Waals surface area contributed by atoms with Crippen molar-refractivity contribution >= 4 is 17.2 Å². The molecule has 0 aromatic rings. The van der Waals surface area contributed by atoms with Crippen LogP contribution in [0.5, 0.6) is 0 Å². The highest BCUT2D eigenvalue weighted by Gasteiger charge is 2.42. The lowest BCUT2D eigenvalue weighted by Gasteiger charge is -2.36.